The van der Waals surface area contributed by atoms with Crippen LogP contribution < -0.4 is 10.1 Å². The minimum Gasteiger partial charge on any atom is -0.504 e. The van der Waals surface area contributed by atoms with Crippen molar-refractivity contribution in [1.29, 1.82) is 0 Å². The van der Waals surface area contributed by atoms with Gasteiger partial charge in [0.1, 0.15) is 0 Å². The summed E-state index contributed by atoms with van der Waals surface area (Å²) in [5.74, 6) is 0.762. The lowest BCUT2D eigenvalue weighted by molar-refractivity contribution is -0.121. The van der Waals surface area contributed by atoms with E-state index in [2.05, 4.69) is 25.4 Å². The maximum absolute atomic E-state index is 12.0. The third kappa shape index (κ3) is 8.35. The number of phenols is 1. The van der Waals surface area contributed by atoms with Gasteiger partial charge in [0.2, 0.25) is 5.91 Å². The Bertz CT molecular complexity index is 548. The molecule has 2 N–H and O–H groups in total. The van der Waals surface area contributed by atoms with Crippen molar-refractivity contribution in [1.82, 2.24) is 5.32 Å². The van der Waals surface area contributed by atoms with Crippen molar-refractivity contribution in [2.24, 2.45) is 0 Å². The summed E-state index contributed by atoms with van der Waals surface area (Å²) in [6.07, 6.45) is 10.5. The first-order valence-corrected chi connectivity index (χ1v) is 11.0. The van der Waals surface area contributed by atoms with Gasteiger partial charge in [-0.25, -0.2) is 0 Å². The number of amides is 1. The third-order valence-corrected chi connectivity index (χ3v) is 5.56. The van der Waals surface area contributed by atoms with Gasteiger partial charge in [0, 0.05) is 18.2 Å². The number of benzene rings is 1. The van der Waals surface area contributed by atoms with Crippen LogP contribution in [0.1, 0.15) is 69.9 Å². The van der Waals surface area contributed by atoms with Crippen molar-refractivity contribution in [3.63, 3.8) is 0 Å². The average molecular weight is 382 g/mol. The van der Waals surface area contributed by atoms with Crippen molar-refractivity contribution < 1.29 is 14.6 Å². The third-order valence-electron chi connectivity index (χ3n) is 4.59. The van der Waals surface area contributed by atoms with Crippen LogP contribution in [0.2, 0.25) is 0 Å². The molecule has 1 unspecified atom stereocenters. The monoisotopic (exact) mass is 381 g/mol. The number of aromatic hydroxyl groups is 1. The van der Waals surface area contributed by atoms with Crippen LogP contribution in [0.5, 0.6) is 11.5 Å². The van der Waals surface area contributed by atoms with E-state index >= 15 is 0 Å². The highest BCUT2D eigenvalue weighted by molar-refractivity contribution is 7.99. The van der Waals surface area contributed by atoms with Crippen molar-refractivity contribution in [3.8, 4) is 11.5 Å². The maximum atomic E-state index is 12.0. The molecule has 148 valence electrons. The van der Waals surface area contributed by atoms with Crippen molar-refractivity contribution >= 4 is 17.7 Å². The van der Waals surface area contributed by atoms with Crippen molar-refractivity contribution in [2.45, 2.75) is 77.0 Å². The minimum absolute atomic E-state index is 0.0894. The predicted octanol–water partition coefficient (Wildman–Crippen LogP) is 5.06. The number of rotatable bonds is 13. The zero-order chi connectivity index (χ0) is 19.4. The van der Waals surface area contributed by atoms with Crippen LogP contribution in [-0.4, -0.2) is 29.6 Å². The summed E-state index contributed by atoms with van der Waals surface area (Å²) in [5, 5.41) is 13.7. The number of thioether (sulfide) groups is 1. The Kier molecular flexibility index (Phi) is 11.3. The largest absolute Gasteiger partial charge is 0.504 e. The molecule has 0 bridgehead atoms. The number of carbonyl (C=O) groups excluding carboxylic acids is 1. The Balaban J connectivity index is 2.52. The molecular formula is C21H35NO3S. The van der Waals surface area contributed by atoms with Crippen LogP contribution in [0.15, 0.2) is 12.1 Å². The van der Waals surface area contributed by atoms with Crippen LogP contribution in [-0.2, 0) is 17.8 Å². The molecule has 0 aliphatic heterocycles. The second kappa shape index (κ2) is 12.9. The van der Waals surface area contributed by atoms with E-state index in [0.717, 1.165) is 30.4 Å². The van der Waals surface area contributed by atoms with Crippen molar-refractivity contribution in [2.75, 3.05) is 13.4 Å². The van der Waals surface area contributed by atoms with Gasteiger partial charge in [0.25, 0.3) is 0 Å². The Hall–Kier alpha value is -1.36. The zero-order valence-electron chi connectivity index (χ0n) is 16.8. The van der Waals surface area contributed by atoms with Crippen LogP contribution in [0, 0.1) is 0 Å². The first-order valence-electron chi connectivity index (χ1n) is 9.70. The molecule has 5 heteroatoms. The minimum atomic E-state index is 0.0894. The molecule has 0 aromatic heterocycles. The summed E-state index contributed by atoms with van der Waals surface area (Å²) in [6, 6.07) is 3.77. The molecule has 0 fully saturated rings. The normalized spacial score (nSPS) is 12.0. The lowest BCUT2D eigenvalue weighted by Gasteiger charge is -2.15. The number of hydrogen-bond donors (Lipinski definition) is 2. The van der Waals surface area contributed by atoms with Gasteiger partial charge in [-0.2, -0.15) is 11.8 Å². The number of methoxy groups -OCH3 is 1. The van der Waals surface area contributed by atoms with E-state index in [0.29, 0.717) is 24.0 Å². The molecule has 4 nitrogen and oxygen atoms in total. The van der Waals surface area contributed by atoms with Crippen LogP contribution in [0.25, 0.3) is 0 Å². The molecule has 0 aliphatic rings. The van der Waals surface area contributed by atoms with Crippen LogP contribution >= 0.6 is 11.8 Å². The van der Waals surface area contributed by atoms with E-state index in [1.165, 1.54) is 25.7 Å². The van der Waals surface area contributed by atoms with Crippen molar-refractivity contribution in [3.05, 3.63) is 23.3 Å². The summed E-state index contributed by atoms with van der Waals surface area (Å²) < 4.78 is 5.29. The van der Waals surface area contributed by atoms with Crippen LogP contribution in [0.3, 0.4) is 0 Å². The van der Waals surface area contributed by atoms with Gasteiger partial charge in [-0.15, -0.1) is 0 Å². The summed E-state index contributed by atoms with van der Waals surface area (Å²) >= 11 is 1.76. The van der Waals surface area contributed by atoms with Gasteiger partial charge in [-0.05, 0) is 36.3 Å². The molecule has 0 saturated carbocycles. The molecule has 1 aromatic carbocycles. The molecule has 26 heavy (non-hydrogen) atoms. The predicted molar refractivity (Wildman–Crippen MR) is 111 cm³/mol. The second-order valence-electron chi connectivity index (χ2n) is 6.85. The average Bonchev–Trinajstić information content (AvgIpc) is 2.64. The molecule has 1 aromatic rings. The molecule has 0 spiro atoms. The highest BCUT2D eigenvalue weighted by Crippen LogP contribution is 2.33. The molecule has 0 aliphatic carbocycles. The number of unbranched alkanes of at least 4 members (excludes halogenated alkanes) is 5. The number of carbonyl (C=O) groups is 1. The van der Waals surface area contributed by atoms with Crippen LogP contribution in [0.4, 0.5) is 0 Å². The molecule has 1 rings (SSSR count). The number of ether oxygens (including phenoxy) is 1. The highest BCUT2D eigenvalue weighted by Gasteiger charge is 2.13. The fraction of sp³-hybridized carbons (Fsp3) is 0.667. The Morgan fingerprint density at radius 2 is 1.92 bits per heavy atom. The Morgan fingerprint density at radius 3 is 2.58 bits per heavy atom. The van der Waals surface area contributed by atoms with Gasteiger partial charge in [0.15, 0.2) is 11.5 Å². The zero-order valence-corrected chi connectivity index (χ0v) is 17.6. The number of nitrogens with one attached hydrogen (secondary N) is 1. The topological polar surface area (TPSA) is 58.6 Å². The SMILES string of the molecule is CCCCCCCCC(=O)NCc1cc(CC(C)SC)c(O)c(OC)c1. The van der Waals surface area contributed by atoms with E-state index in [-0.39, 0.29) is 11.7 Å². The van der Waals surface area contributed by atoms with E-state index < -0.39 is 0 Å². The Labute approximate surface area is 163 Å². The smallest absolute Gasteiger partial charge is 0.220 e. The Morgan fingerprint density at radius 1 is 1.23 bits per heavy atom. The molecular weight excluding hydrogens is 346 g/mol. The van der Waals surface area contributed by atoms with Gasteiger partial charge in [-0.3, -0.25) is 4.79 Å². The quantitative estimate of drug-likeness (QED) is 0.469. The number of hydrogen-bond acceptors (Lipinski definition) is 4. The summed E-state index contributed by atoms with van der Waals surface area (Å²) in [5.41, 5.74) is 1.82. The van der Waals surface area contributed by atoms with E-state index in [1.54, 1.807) is 24.9 Å². The van der Waals surface area contributed by atoms with E-state index in [9.17, 15) is 9.90 Å². The molecule has 0 radical (unpaired) electrons. The first-order chi connectivity index (χ1) is 12.5. The fourth-order valence-electron chi connectivity index (χ4n) is 2.89. The summed E-state index contributed by atoms with van der Waals surface area (Å²) in [7, 11) is 1.55. The maximum Gasteiger partial charge on any atom is 0.220 e. The van der Waals surface area contributed by atoms with Gasteiger partial charge < -0.3 is 15.2 Å². The lowest BCUT2D eigenvalue weighted by Crippen LogP contribution is -2.22. The van der Waals surface area contributed by atoms with Gasteiger partial charge in [0.05, 0.1) is 7.11 Å². The van der Waals surface area contributed by atoms with Gasteiger partial charge >= 0.3 is 0 Å². The highest BCUT2D eigenvalue weighted by atomic mass is 32.2. The van der Waals surface area contributed by atoms with Gasteiger partial charge in [-0.1, -0.05) is 52.0 Å². The fourth-order valence-corrected chi connectivity index (χ4v) is 3.24. The summed E-state index contributed by atoms with van der Waals surface area (Å²) in [6.45, 7) is 4.80. The standard InChI is InChI=1S/C21H35NO3S/c1-5-6-7-8-9-10-11-20(23)22-15-17-13-18(12-16(2)26-4)21(24)19(14-17)25-3/h13-14,16,24H,5-12,15H2,1-4H3,(H,22,23). The second-order valence-corrected chi connectivity index (χ2v) is 8.13. The lowest BCUT2D eigenvalue weighted by atomic mass is 10.0. The molecule has 1 atom stereocenters. The molecule has 1 amide bonds. The number of phenolic OH excluding ortho intramolecular Hbond substituents is 1. The van der Waals surface area contributed by atoms with E-state index in [1.807, 2.05) is 6.07 Å². The molecule has 0 saturated heterocycles. The summed E-state index contributed by atoms with van der Waals surface area (Å²) in [4.78, 5) is 12.0. The first kappa shape index (κ1) is 22.7. The van der Waals surface area contributed by atoms with E-state index in [4.69, 9.17) is 4.74 Å². The molecule has 0 heterocycles.